The highest BCUT2D eigenvalue weighted by atomic mass is 16.6. The first-order chi connectivity index (χ1) is 8.84. The Morgan fingerprint density at radius 2 is 1.68 bits per heavy atom. The van der Waals surface area contributed by atoms with E-state index in [1.165, 1.54) is 0 Å². The Labute approximate surface area is 108 Å². The normalized spacial score (nSPS) is 35.9. The highest BCUT2D eigenvalue weighted by Crippen LogP contribution is 2.23. The summed E-state index contributed by atoms with van der Waals surface area (Å²) in [4.78, 5) is 11.7. The first-order valence-electron chi connectivity index (χ1n) is 5.66. The molecule has 1 rings (SSSR count). The van der Waals surface area contributed by atoms with Gasteiger partial charge in [0.1, 0.15) is 42.7 Å². The maximum atomic E-state index is 11.7. The lowest BCUT2D eigenvalue weighted by Gasteiger charge is -2.23. The second-order valence-electron chi connectivity index (χ2n) is 4.35. The zero-order valence-electron chi connectivity index (χ0n) is 9.90. The van der Waals surface area contributed by atoms with Crippen LogP contribution in [0.25, 0.3) is 0 Å². The first-order valence-corrected chi connectivity index (χ1v) is 5.66. The molecule has 1 aliphatic heterocycles. The van der Waals surface area contributed by atoms with E-state index in [4.69, 9.17) is 20.1 Å². The molecule has 0 bridgehead atoms. The first kappa shape index (κ1) is 16.4. The molecule has 9 heteroatoms. The zero-order valence-corrected chi connectivity index (χ0v) is 9.90. The van der Waals surface area contributed by atoms with Crippen molar-refractivity contribution in [3.05, 3.63) is 0 Å². The van der Waals surface area contributed by atoms with Crippen molar-refractivity contribution in [3.8, 4) is 0 Å². The number of Topliss-reactive ketones (excluding diaryl/α,β-unsaturated/α-hetero) is 1. The van der Waals surface area contributed by atoms with Crippen LogP contribution in [-0.2, 0) is 9.53 Å². The van der Waals surface area contributed by atoms with Crippen molar-refractivity contribution >= 4 is 5.78 Å². The molecule has 112 valence electrons. The largest absolute Gasteiger partial charge is 0.394 e. The molecule has 1 aliphatic rings. The number of hydrogen-bond donors (Lipinski definition) is 7. The number of carbonyl (C=O) groups excluding carboxylic acids is 1. The fourth-order valence-electron chi connectivity index (χ4n) is 1.79. The predicted molar refractivity (Wildman–Crippen MR) is 57.9 cm³/mol. The summed E-state index contributed by atoms with van der Waals surface area (Å²) in [6.45, 7) is -1.51. The molecule has 0 unspecified atom stereocenters. The lowest BCUT2D eigenvalue weighted by molar-refractivity contribution is -0.154. The van der Waals surface area contributed by atoms with Crippen LogP contribution in [0.3, 0.4) is 0 Å². The summed E-state index contributed by atoms with van der Waals surface area (Å²) < 4.78 is 4.87. The zero-order chi connectivity index (χ0) is 14.7. The number of carbonyl (C=O) groups is 1. The number of aliphatic hydroxyl groups excluding tert-OH is 7. The standard InChI is InChI=1S/C10H18O9/c11-1-3(13)5(14)7(16)9(18)10-8(17)6(15)4(2-12)19-10/h3-8,10-17H,1-2H2/t3-,4+,5-,6+,7+,8-,10-/m1/s1. The fraction of sp³-hybridized carbons (Fsp3) is 0.900. The third-order valence-corrected chi connectivity index (χ3v) is 3.02. The van der Waals surface area contributed by atoms with E-state index >= 15 is 0 Å². The van der Waals surface area contributed by atoms with Gasteiger partial charge in [0, 0.05) is 0 Å². The Balaban J connectivity index is 2.73. The van der Waals surface area contributed by atoms with Crippen molar-refractivity contribution < 1.29 is 45.3 Å². The topological polar surface area (TPSA) is 168 Å². The molecule has 1 heterocycles. The maximum absolute atomic E-state index is 11.7. The van der Waals surface area contributed by atoms with Crippen LogP contribution in [0.5, 0.6) is 0 Å². The molecule has 7 N–H and O–H groups in total. The fourth-order valence-corrected chi connectivity index (χ4v) is 1.79. The van der Waals surface area contributed by atoms with Crippen molar-refractivity contribution in [1.82, 2.24) is 0 Å². The summed E-state index contributed by atoms with van der Waals surface area (Å²) in [6.07, 6.45) is -11.8. The van der Waals surface area contributed by atoms with E-state index in [1.807, 2.05) is 0 Å². The Kier molecular flexibility index (Phi) is 5.77. The Morgan fingerprint density at radius 1 is 1.11 bits per heavy atom. The van der Waals surface area contributed by atoms with Crippen LogP contribution in [-0.4, -0.2) is 97.5 Å². The van der Waals surface area contributed by atoms with Gasteiger partial charge in [-0.3, -0.25) is 4.79 Å². The van der Waals surface area contributed by atoms with Crippen molar-refractivity contribution in [2.75, 3.05) is 13.2 Å². The molecular weight excluding hydrogens is 264 g/mol. The average Bonchev–Trinajstić information content (AvgIpc) is 2.71. The molecule has 9 nitrogen and oxygen atoms in total. The van der Waals surface area contributed by atoms with E-state index < -0.39 is 61.7 Å². The van der Waals surface area contributed by atoms with Gasteiger partial charge in [-0.15, -0.1) is 0 Å². The van der Waals surface area contributed by atoms with Gasteiger partial charge in [0.2, 0.25) is 0 Å². The minimum Gasteiger partial charge on any atom is -0.394 e. The van der Waals surface area contributed by atoms with E-state index in [9.17, 15) is 25.2 Å². The van der Waals surface area contributed by atoms with Crippen LogP contribution < -0.4 is 0 Å². The second-order valence-corrected chi connectivity index (χ2v) is 4.35. The van der Waals surface area contributed by atoms with Gasteiger partial charge in [-0.1, -0.05) is 0 Å². The number of hydrogen-bond acceptors (Lipinski definition) is 9. The van der Waals surface area contributed by atoms with E-state index in [0.29, 0.717) is 0 Å². The minimum absolute atomic E-state index is 0.639. The van der Waals surface area contributed by atoms with E-state index in [0.717, 1.165) is 0 Å². The molecule has 19 heavy (non-hydrogen) atoms. The molecular formula is C10H18O9. The number of aliphatic hydroxyl groups is 7. The maximum Gasteiger partial charge on any atom is 0.195 e. The van der Waals surface area contributed by atoms with Gasteiger partial charge in [0.25, 0.3) is 0 Å². The number of ketones is 1. The van der Waals surface area contributed by atoms with Crippen LogP contribution >= 0.6 is 0 Å². The summed E-state index contributed by atoms with van der Waals surface area (Å²) in [6, 6.07) is 0. The van der Waals surface area contributed by atoms with Crippen LogP contribution in [0.15, 0.2) is 0 Å². The number of rotatable bonds is 6. The van der Waals surface area contributed by atoms with E-state index in [1.54, 1.807) is 0 Å². The minimum atomic E-state index is -2.11. The van der Waals surface area contributed by atoms with Gasteiger partial charge >= 0.3 is 0 Å². The summed E-state index contributed by atoms with van der Waals surface area (Å²) in [7, 11) is 0. The number of ether oxygens (including phenoxy) is 1. The molecule has 0 saturated carbocycles. The van der Waals surface area contributed by atoms with Gasteiger partial charge in [-0.05, 0) is 0 Å². The molecule has 1 saturated heterocycles. The van der Waals surface area contributed by atoms with Gasteiger partial charge in [0.05, 0.1) is 13.2 Å². The van der Waals surface area contributed by atoms with Crippen molar-refractivity contribution in [3.63, 3.8) is 0 Å². The quantitative estimate of drug-likeness (QED) is 0.252. The van der Waals surface area contributed by atoms with Crippen molar-refractivity contribution in [1.29, 1.82) is 0 Å². The monoisotopic (exact) mass is 282 g/mol. The predicted octanol–water partition coefficient (Wildman–Crippen LogP) is -4.89. The van der Waals surface area contributed by atoms with Crippen molar-refractivity contribution in [2.24, 2.45) is 0 Å². The van der Waals surface area contributed by atoms with Gasteiger partial charge in [0.15, 0.2) is 5.78 Å². The Morgan fingerprint density at radius 3 is 2.11 bits per heavy atom. The van der Waals surface area contributed by atoms with Crippen LogP contribution in [0.1, 0.15) is 0 Å². The van der Waals surface area contributed by atoms with E-state index in [-0.39, 0.29) is 0 Å². The molecule has 0 amide bonds. The molecule has 0 aromatic carbocycles. The smallest absolute Gasteiger partial charge is 0.195 e. The van der Waals surface area contributed by atoms with Gasteiger partial charge in [-0.25, -0.2) is 0 Å². The molecule has 0 radical (unpaired) electrons. The van der Waals surface area contributed by atoms with E-state index in [2.05, 4.69) is 0 Å². The lowest BCUT2D eigenvalue weighted by atomic mass is 9.97. The summed E-state index contributed by atoms with van der Waals surface area (Å²) in [5.41, 5.74) is 0. The molecule has 7 atom stereocenters. The van der Waals surface area contributed by atoms with Crippen LogP contribution in [0.4, 0.5) is 0 Å². The third kappa shape index (κ3) is 3.27. The lowest BCUT2D eigenvalue weighted by Crippen LogP contribution is -2.50. The summed E-state index contributed by atoms with van der Waals surface area (Å²) >= 11 is 0. The molecule has 0 aromatic heterocycles. The SMILES string of the molecule is O=C([C@@H](O)[C@H](O)[C@H](O)CO)[C@@H]1O[C@@H](CO)[C@H](O)[C@H]1O. The Hall–Kier alpha value is -0.650. The third-order valence-electron chi connectivity index (χ3n) is 3.02. The van der Waals surface area contributed by atoms with Gasteiger partial charge in [-0.2, -0.15) is 0 Å². The molecule has 0 aromatic rings. The molecule has 0 aliphatic carbocycles. The molecule has 1 fully saturated rings. The highest BCUT2D eigenvalue weighted by Gasteiger charge is 2.48. The summed E-state index contributed by atoms with van der Waals surface area (Å²) in [5.74, 6) is -1.16. The van der Waals surface area contributed by atoms with Crippen LogP contribution in [0, 0.1) is 0 Å². The highest BCUT2D eigenvalue weighted by molar-refractivity contribution is 5.88. The van der Waals surface area contributed by atoms with Gasteiger partial charge < -0.3 is 40.5 Å². The van der Waals surface area contributed by atoms with Crippen molar-refractivity contribution in [2.45, 2.75) is 42.7 Å². The Bertz CT molecular complexity index is 309. The average molecular weight is 282 g/mol. The van der Waals surface area contributed by atoms with Crippen LogP contribution in [0.2, 0.25) is 0 Å². The molecule has 0 spiro atoms. The second kappa shape index (κ2) is 6.68. The summed E-state index contributed by atoms with van der Waals surface area (Å²) in [5, 5.41) is 64.4.